The zero-order valence-electron chi connectivity index (χ0n) is 15.6. The quantitative estimate of drug-likeness (QED) is 0.391. The topological polar surface area (TPSA) is 30.7 Å². The number of hydrogen-bond acceptors (Lipinski definition) is 2. The minimum Gasteiger partial charge on any atom is -0.237 e. The maximum atomic E-state index is 14.9. The van der Waals surface area contributed by atoms with E-state index in [9.17, 15) is 4.39 Å². The third kappa shape index (κ3) is 2.64. The van der Waals surface area contributed by atoms with Crippen LogP contribution < -0.4 is 0 Å². The number of aromatic nitrogens is 3. The molecule has 0 aliphatic heterocycles. The van der Waals surface area contributed by atoms with Crippen molar-refractivity contribution in [3.8, 4) is 0 Å². The zero-order valence-corrected chi connectivity index (χ0v) is 15.6. The molecule has 0 fully saturated rings. The normalized spacial score (nSPS) is 11.6. The maximum Gasteiger partial charge on any atom is 0.242 e. The summed E-state index contributed by atoms with van der Waals surface area (Å²) in [6.45, 7) is 0. The highest BCUT2D eigenvalue weighted by Crippen LogP contribution is 2.42. The SMILES string of the molecule is Fc1nn(C(c2ccccc2)(c2ccccc2)c2ccccc2)c2ncccc12. The van der Waals surface area contributed by atoms with Crippen LogP contribution in [0.3, 0.4) is 0 Å². The fourth-order valence-electron chi connectivity index (χ4n) is 4.05. The lowest BCUT2D eigenvalue weighted by Gasteiger charge is -2.36. The van der Waals surface area contributed by atoms with E-state index in [1.54, 1.807) is 23.0 Å². The second-order valence-electron chi connectivity index (χ2n) is 6.89. The molecule has 0 spiro atoms. The Morgan fingerprint density at radius 2 is 1.10 bits per heavy atom. The van der Waals surface area contributed by atoms with Crippen molar-refractivity contribution >= 4 is 11.0 Å². The van der Waals surface area contributed by atoms with Gasteiger partial charge in [0.2, 0.25) is 5.95 Å². The van der Waals surface area contributed by atoms with Crippen LogP contribution in [0.25, 0.3) is 11.0 Å². The van der Waals surface area contributed by atoms with Crippen molar-refractivity contribution in [1.82, 2.24) is 14.8 Å². The van der Waals surface area contributed by atoms with Gasteiger partial charge in [-0.05, 0) is 28.8 Å². The molecular weight excluding hydrogens is 361 g/mol. The summed E-state index contributed by atoms with van der Waals surface area (Å²) in [5.41, 5.74) is 2.56. The number of hydrogen-bond donors (Lipinski definition) is 0. The minimum absolute atomic E-state index is 0.402. The number of halogens is 1. The van der Waals surface area contributed by atoms with Crippen molar-refractivity contribution in [2.24, 2.45) is 0 Å². The van der Waals surface area contributed by atoms with Crippen molar-refractivity contribution in [2.45, 2.75) is 5.54 Å². The molecule has 5 rings (SSSR count). The van der Waals surface area contributed by atoms with Crippen LogP contribution in [0.2, 0.25) is 0 Å². The molecule has 3 aromatic carbocycles. The Balaban J connectivity index is 1.99. The number of pyridine rings is 1. The summed E-state index contributed by atoms with van der Waals surface area (Å²) >= 11 is 0. The Labute approximate surface area is 168 Å². The average molecular weight is 379 g/mol. The number of rotatable bonds is 4. The van der Waals surface area contributed by atoms with Crippen LogP contribution in [0.5, 0.6) is 0 Å². The van der Waals surface area contributed by atoms with Gasteiger partial charge in [0.25, 0.3) is 0 Å². The van der Waals surface area contributed by atoms with E-state index in [1.807, 2.05) is 91.0 Å². The Bertz CT molecular complexity index is 1150. The molecule has 4 heteroatoms. The molecule has 0 saturated carbocycles. The minimum atomic E-state index is -0.874. The Hall–Kier alpha value is -3.79. The van der Waals surface area contributed by atoms with Gasteiger partial charge in [-0.25, -0.2) is 9.67 Å². The fourth-order valence-corrected chi connectivity index (χ4v) is 4.05. The van der Waals surface area contributed by atoms with E-state index < -0.39 is 11.5 Å². The van der Waals surface area contributed by atoms with Gasteiger partial charge in [-0.2, -0.15) is 4.39 Å². The molecule has 0 aliphatic carbocycles. The lowest BCUT2D eigenvalue weighted by molar-refractivity contribution is 0.441. The van der Waals surface area contributed by atoms with E-state index in [2.05, 4.69) is 10.1 Å². The van der Waals surface area contributed by atoms with Gasteiger partial charge in [-0.3, -0.25) is 0 Å². The fraction of sp³-hybridized carbons (Fsp3) is 0.0400. The van der Waals surface area contributed by atoms with Gasteiger partial charge < -0.3 is 0 Å². The lowest BCUT2D eigenvalue weighted by atomic mass is 9.77. The Morgan fingerprint density at radius 3 is 1.59 bits per heavy atom. The van der Waals surface area contributed by atoms with Crippen LogP contribution >= 0.6 is 0 Å². The van der Waals surface area contributed by atoms with Crippen molar-refractivity contribution in [2.75, 3.05) is 0 Å². The standard InChI is InChI=1S/C25H18FN3/c26-23-22-17-10-18-27-24(22)29(28-23)25(19-11-4-1-5-12-19,20-13-6-2-7-14-20)21-15-8-3-9-16-21/h1-18H. The molecule has 140 valence electrons. The van der Waals surface area contributed by atoms with Crippen LogP contribution in [0.4, 0.5) is 4.39 Å². The largest absolute Gasteiger partial charge is 0.242 e. The van der Waals surface area contributed by atoms with E-state index in [1.165, 1.54) is 0 Å². The molecule has 0 saturated heterocycles. The molecule has 0 amide bonds. The molecule has 5 aromatic rings. The summed E-state index contributed by atoms with van der Waals surface area (Å²) in [6.07, 6.45) is 1.67. The first-order valence-corrected chi connectivity index (χ1v) is 9.48. The Kier molecular flexibility index (Phi) is 4.17. The van der Waals surface area contributed by atoms with E-state index in [-0.39, 0.29) is 0 Å². The molecule has 0 N–H and O–H groups in total. The maximum absolute atomic E-state index is 14.9. The number of fused-ring (bicyclic) bond motifs is 1. The summed E-state index contributed by atoms with van der Waals surface area (Å²) in [7, 11) is 0. The molecule has 29 heavy (non-hydrogen) atoms. The van der Waals surface area contributed by atoms with Crippen LogP contribution in [0, 0.1) is 5.95 Å². The van der Waals surface area contributed by atoms with E-state index in [0.29, 0.717) is 11.0 Å². The summed E-state index contributed by atoms with van der Waals surface area (Å²) in [5, 5.41) is 4.78. The summed E-state index contributed by atoms with van der Waals surface area (Å²) in [4.78, 5) is 4.50. The van der Waals surface area contributed by atoms with Gasteiger partial charge in [0.15, 0.2) is 5.65 Å². The molecule has 0 radical (unpaired) electrons. The van der Waals surface area contributed by atoms with Gasteiger partial charge >= 0.3 is 0 Å². The monoisotopic (exact) mass is 379 g/mol. The summed E-state index contributed by atoms with van der Waals surface area (Å²) in [5.74, 6) is -0.528. The predicted octanol–water partition coefficient (Wildman–Crippen LogP) is 5.41. The first-order chi connectivity index (χ1) is 14.3. The van der Waals surface area contributed by atoms with Gasteiger partial charge in [0, 0.05) is 6.20 Å². The van der Waals surface area contributed by atoms with E-state index in [4.69, 9.17) is 0 Å². The third-order valence-electron chi connectivity index (χ3n) is 5.29. The van der Waals surface area contributed by atoms with Crippen LogP contribution in [0.15, 0.2) is 109 Å². The number of nitrogens with zero attached hydrogens (tertiary/aromatic N) is 3. The van der Waals surface area contributed by atoms with Crippen molar-refractivity contribution in [3.05, 3.63) is 132 Å². The van der Waals surface area contributed by atoms with E-state index >= 15 is 0 Å². The van der Waals surface area contributed by atoms with Crippen LogP contribution in [-0.4, -0.2) is 14.8 Å². The first kappa shape index (κ1) is 17.3. The molecule has 0 bridgehead atoms. The Morgan fingerprint density at radius 1 is 0.621 bits per heavy atom. The van der Waals surface area contributed by atoms with Crippen molar-refractivity contribution < 1.29 is 4.39 Å². The third-order valence-corrected chi connectivity index (χ3v) is 5.29. The smallest absolute Gasteiger partial charge is 0.237 e. The zero-order chi connectivity index (χ0) is 19.7. The van der Waals surface area contributed by atoms with Crippen LogP contribution in [-0.2, 0) is 5.54 Å². The predicted molar refractivity (Wildman–Crippen MR) is 112 cm³/mol. The summed E-state index contributed by atoms with van der Waals surface area (Å²) in [6, 6.07) is 33.6. The van der Waals surface area contributed by atoms with E-state index in [0.717, 1.165) is 16.7 Å². The highest BCUT2D eigenvalue weighted by molar-refractivity contribution is 5.76. The molecular formula is C25H18FN3. The van der Waals surface area contributed by atoms with Gasteiger partial charge in [0.1, 0.15) is 5.54 Å². The van der Waals surface area contributed by atoms with Crippen LogP contribution in [0.1, 0.15) is 16.7 Å². The molecule has 0 unspecified atom stereocenters. The van der Waals surface area contributed by atoms with Gasteiger partial charge in [-0.15, -0.1) is 5.10 Å². The van der Waals surface area contributed by atoms with Crippen molar-refractivity contribution in [3.63, 3.8) is 0 Å². The second kappa shape index (κ2) is 6.99. The van der Waals surface area contributed by atoms with Gasteiger partial charge in [0.05, 0.1) is 5.39 Å². The molecule has 2 heterocycles. The molecule has 3 nitrogen and oxygen atoms in total. The molecule has 0 atom stereocenters. The number of benzene rings is 3. The first-order valence-electron chi connectivity index (χ1n) is 9.48. The average Bonchev–Trinajstić information content (AvgIpc) is 3.14. The second-order valence-corrected chi connectivity index (χ2v) is 6.89. The van der Waals surface area contributed by atoms with Crippen molar-refractivity contribution in [1.29, 1.82) is 0 Å². The molecule has 2 aromatic heterocycles. The molecule has 0 aliphatic rings. The lowest BCUT2D eigenvalue weighted by Crippen LogP contribution is -2.38. The summed E-state index contributed by atoms with van der Waals surface area (Å²) < 4.78 is 16.6. The highest BCUT2D eigenvalue weighted by atomic mass is 19.1. The van der Waals surface area contributed by atoms with Gasteiger partial charge in [-0.1, -0.05) is 91.0 Å². The highest BCUT2D eigenvalue weighted by Gasteiger charge is 2.41.